The van der Waals surface area contributed by atoms with Gasteiger partial charge in [0.1, 0.15) is 5.82 Å². The van der Waals surface area contributed by atoms with Crippen molar-refractivity contribution in [2.45, 2.75) is 6.92 Å². The van der Waals surface area contributed by atoms with Crippen molar-refractivity contribution in [2.75, 3.05) is 5.73 Å². The Balaban J connectivity index is 2.37. The lowest BCUT2D eigenvalue weighted by Crippen LogP contribution is -1.91. The summed E-state index contributed by atoms with van der Waals surface area (Å²) in [5.41, 5.74) is 9.39. The van der Waals surface area contributed by atoms with Gasteiger partial charge in [0.2, 0.25) is 0 Å². The van der Waals surface area contributed by atoms with Gasteiger partial charge in [-0.3, -0.25) is 0 Å². The van der Waals surface area contributed by atoms with Crippen LogP contribution >= 0.6 is 0 Å². The van der Waals surface area contributed by atoms with Crippen LogP contribution in [0, 0.1) is 6.92 Å². The van der Waals surface area contributed by atoms with E-state index in [1.165, 1.54) is 21.9 Å². The van der Waals surface area contributed by atoms with Crippen LogP contribution in [0.4, 0.5) is 5.82 Å². The van der Waals surface area contributed by atoms with Crippen LogP contribution in [0.15, 0.2) is 54.7 Å². The van der Waals surface area contributed by atoms with Gasteiger partial charge in [-0.15, -0.1) is 0 Å². The van der Waals surface area contributed by atoms with Crippen LogP contribution in [-0.4, -0.2) is 4.98 Å². The summed E-state index contributed by atoms with van der Waals surface area (Å²) >= 11 is 0. The van der Waals surface area contributed by atoms with Gasteiger partial charge in [-0.25, -0.2) is 4.98 Å². The molecule has 2 heteroatoms. The smallest absolute Gasteiger partial charge is 0.123 e. The van der Waals surface area contributed by atoms with Gasteiger partial charge in [-0.05, 0) is 46.5 Å². The lowest BCUT2D eigenvalue weighted by Gasteiger charge is -2.10. The van der Waals surface area contributed by atoms with Crippen molar-refractivity contribution in [3.8, 4) is 11.1 Å². The van der Waals surface area contributed by atoms with Gasteiger partial charge in [0, 0.05) is 6.20 Å². The third-order valence-electron chi connectivity index (χ3n) is 3.21. The van der Waals surface area contributed by atoms with Crippen LogP contribution in [0.3, 0.4) is 0 Å². The van der Waals surface area contributed by atoms with Crippen molar-refractivity contribution in [3.63, 3.8) is 0 Å². The first-order valence-electron chi connectivity index (χ1n) is 5.96. The zero-order chi connectivity index (χ0) is 12.5. The Kier molecular flexibility index (Phi) is 2.49. The van der Waals surface area contributed by atoms with Gasteiger partial charge in [0.05, 0.1) is 0 Å². The van der Waals surface area contributed by atoms with Crippen LogP contribution in [0.25, 0.3) is 21.9 Å². The molecular weight excluding hydrogens is 220 g/mol. The fraction of sp³-hybridized carbons (Fsp3) is 0.0625. The van der Waals surface area contributed by atoms with Crippen molar-refractivity contribution in [2.24, 2.45) is 0 Å². The summed E-state index contributed by atoms with van der Waals surface area (Å²) in [5, 5.41) is 2.50. The molecule has 0 radical (unpaired) electrons. The number of nitrogens with two attached hydrogens (primary N) is 1. The average molecular weight is 234 g/mol. The van der Waals surface area contributed by atoms with Crippen molar-refractivity contribution >= 4 is 16.6 Å². The monoisotopic (exact) mass is 234 g/mol. The number of hydrogen-bond donors (Lipinski definition) is 1. The topological polar surface area (TPSA) is 38.9 Å². The first-order valence-corrected chi connectivity index (χ1v) is 5.96. The van der Waals surface area contributed by atoms with Crippen LogP contribution in [-0.2, 0) is 0 Å². The Bertz CT molecular complexity index is 717. The number of fused-ring (bicyclic) bond motifs is 1. The summed E-state index contributed by atoms with van der Waals surface area (Å²) in [6, 6.07) is 16.6. The van der Waals surface area contributed by atoms with Gasteiger partial charge >= 0.3 is 0 Å². The van der Waals surface area contributed by atoms with Crippen molar-refractivity contribution in [3.05, 3.63) is 60.3 Å². The van der Waals surface area contributed by atoms with E-state index in [9.17, 15) is 0 Å². The number of aryl methyl sites for hydroxylation is 1. The molecule has 0 aliphatic rings. The SMILES string of the molecule is Cc1ccc2ccccc2c1-c1ccnc(N)c1. The minimum atomic E-state index is 0.555. The Hall–Kier alpha value is -2.35. The number of hydrogen-bond acceptors (Lipinski definition) is 2. The van der Waals surface area contributed by atoms with Crippen molar-refractivity contribution in [1.82, 2.24) is 4.98 Å². The highest BCUT2D eigenvalue weighted by Crippen LogP contribution is 2.32. The largest absolute Gasteiger partial charge is 0.384 e. The first kappa shape index (κ1) is 10.8. The number of nitrogen functional groups attached to an aromatic ring is 1. The highest BCUT2D eigenvalue weighted by atomic mass is 14.8. The zero-order valence-corrected chi connectivity index (χ0v) is 10.2. The van der Waals surface area contributed by atoms with E-state index in [0.717, 1.165) is 5.56 Å². The van der Waals surface area contributed by atoms with Crippen LogP contribution in [0.5, 0.6) is 0 Å². The molecule has 1 aromatic heterocycles. The molecular formula is C16H14N2. The van der Waals surface area contributed by atoms with Gasteiger partial charge in [0.15, 0.2) is 0 Å². The maximum atomic E-state index is 5.78. The third kappa shape index (κ3) is 1.72. The molecule has 0 aliphatic heterocycles. The minimum Gasteiger partial charge on any atom is -0.384 e. The maximum absolute atomic E-state index is 5.78. The van der Waals surface area contributed by atoms with E-state index in [2.05, 4.69) is 48.3 Å². The molecule has 88 valence electrons. The predicted molar refractivity (Wildman–Crippen MR) is 76.3 cm³/mol. The molecule has 2 N–H and O–H groups in total. The van der Waals surface area contributed by atoms with E-state index in [4.69, 9.17) is 5.73 Å². The Labute approximate surface area is 106 Å². The Morgan fingerprint density at radius 1 is 1.00 bits per heavy atom. The molecule has 0 saturated heterocycles. The molecule has 0 aliphatic carbocycles. The van der Waals surface area contributed by atoms with Crippen molar-refractivity contribution < 1.29 is 0 Å². The van der Waals surface area contributed by atoms with E-state index in [0.29, 0.717) is 5.82 Å². The quantitative estimate of drug-likeness (QED) is 0.695. The second kappa shape index (κ2) is 4.15. The molecule has 0 amide bonds. The predicted octanol–water partition coefficient (Wildman–Crippen LogP) is 3.79. The fourth-order valence-electron chi connectivity index (χ4n) is 2.37. The summed E-state index contributed by atoms with van der Waals surface area (Å²) in [6.07, 6.45) is 1.76. The molecule has 18 heavy (non-hydrogen) atoms. The zero-order valence-electron chi connectivity index (χ0n) is 10.2. The van der Waals surface area contributed by atoms with E-state index in [1.807, 2.05) is 12.1 Å². The van der Waals surface area contributed by atoms with Gasteiger partial charge in [-0.2, -0.15) is 0 Å². The number of anilines is 1. The van der Waals surface area contributed by atoms with E-state index in [1.54, 1.807) is 6.20 Å². The average Bonchev–Trinajstić information content (AvgIpc) is 2.38. The molecule has 0 spiro atoms. The summed E-state index contributed by atoms with van der Waals surface area (Å²) in [5.74, 6) is 0.555. The van der Waals surface area contributed by atoms with Crippen LogP contribution < -0.4 is 5.73 Å². The number of aromatic nitrogens is 1. The van der Waals surface area contributed by atoms with Gasteiger partial charge < -0.3 is 5.73 Å². The van der Waals surface area contributed by atoms with Crippen LogP contribution in [0.2, 0.25) is 0 Å². The molecule has 3 aromatic rings. The van der Waals surface area contributed by atoms with Gasteiger partial charge in [-0.1, -0.05) is 36.4 Å². The molecule has 3 rings (SSSR count). The van der Waals surface area contributed by atoms with Crippen molar-refractivity contribution in [1.29, 1.82) is 0 Å². The number of rotatable bonds is 1. The second-order valence-corrected chi connectivity index (χ2v) is 4.45. The lowest BCUT2D eigenvalue weighted by molar-refractivity contribution is 1.33. The maximum Gasteiger partial charge on any atom is 0.123 e. The number of pyridine rings is 1. The van der Waals surface area contributed by atoms with E-state index >= 15 is 0 Å². The minimum absolute atomic E-state index is 0.555. The Morgan fingerprint density at radius 2 is 1.83 bits per heavy atom. The molecule has 1 heterocycles. The molecule has 0 unspecified atom stereocenters. The first-order chi connectivity index (χ1) is 8.75. The number of nitrogens with zero attached hydrogens (tertiary/aromatic N) is 1. The summed E-state index contributed by atoms with van der Waals surface area (Å²) in [7, 11) is 0. The van der Waals surface area contributed by atoms with Crippen LogP contribution in [0.1, 0.15) is 5.56 Å². The normalized spacial score (nSPS) is 10.7. The van der Waals surface area contributed by atoms with Gasteiger partial charge in [0.25, 0.3) is 0 Å². The standard InChI is InChI=1S/C16H14N2/c1-11-6-7-12-4-2-3-5-14(12)16(11)13-8-9-18-15(17)10-13/h2-10H,1H3,(H2,17,18). The molecule has 0 fully saturated rings. The lowest BCUT2D eigenvalue weighted by atomic mass is 9.94. The van der Waals surface area contributed by atoms with E-state index in [-0.39, 0.29) is 0 Å². The van der Waals surface area contributed by atoms with E-state index < -0.39 is 0 Å². The molecule has 2 nitrogen and oxygen atoms in total. The Morgan fingerprint density at radius 3 is 2.67 bits per heavy atom. The molecule has 2 aromatic carbocycles. The summed E-state index contributed by atoms with van der Waals surface area (Å²) < 4.78 is 0. The number of benzene rings is 2. The molecule has 0 bridgehead atoms. The highest BCUT2D eigenvalue weighted by Gasteiger charge is 2.07. The second-order valence-electron chi connectivity index (χ2n) is 4.45. The summed E-state index contributed by atoms with van der Waals surface area (Å²) in [4.78, 5) is 4.05. The third-order valence-corrected chi connectivity index (χ3v) is 3.21. The fourth-order valence-corrected chi connectivity index (χ4v) is 2.37. The highest BCUT2D eigenvalue weighted by molar-refractivity contribution is 5.98. The molecule has 0 saturated carbocycles. The summed E-state index contributed by atoms with van der Waals surface area (Å²) in [6.45, 7) is 2.12. The molecule has 0 atom stereocenters.